The van der Waals surface area contributed by atoms with Crippen molar-refractivity contribution in [1.82, 2.24) is 0 Å². The van der Waals surface area contributed by atoms with Gasteiger partial charge in [-0.1, -0.05) is 6.42 Å². The van der Waals surface area contributed by atoms with E-state index < -0.39 is 6.04 Å². The van der Waals surface area contributed by atoms with Crippen molar-refractivity contribution in [2.24, 2.45) is 22.8 Å². The first-order valence-electron chi connectivity index (χ1n) is 4.68. The van der Waals surface area contributed by atoms with Crippen LogP contribution in [0.4, 0.5) is 0 Å². The van der Waals surface area contributed by atoms with Gasteiger partial charge in [-0.3, -0.25) is 4.79 Å². The zero-order valence-corrected chi connectivity index (χ0v) is 7.25. The van der Waals surface area contributed by atoms with Crippen LogP contribution in [0.3, 0.4) is 0 Å². The molecule has 0 bridgehead atoms. The molecule has 1 spiro atoms. The van der Waals surface area contributed by atoms with Crippen molar-refractivity contribution in [2.75, 3.05) is 0 Å². The van der Waals surface area contributed by atoms with Gasteiger partial charge in [-0.2, -0.15) is 0 Å². The van der Waals surface area contributed by atoms with Gasteiger partial charge in [-0.15, -0.1) is 0 Å². The van der Waals surface area contributed by atoms with Gasteiger partial charge in [0.05, 0.1) is 6.04 Å². The summed E-state index contributed by atoms with van der Waals surface area (Å²) in [6.07, 6.45) is 6.32. The van der Waals surface area contributed by atoms with Crippen LogP contribution in [-0.2, 0) is 4.79 Å². The van der Waals surface area contributed by atoms with Gasteiger partial charge in [-0.25, -0.2) is 0 Å². The quantitative estimate of drug-likeness (QED) is 0.625. The second-order valence-electron chi connectivity index (χ2n) is 4.45. The average molecular weight is 168 g/mol. The minimum absolute atomic E-state index is 0.339. The van der Waals surface area contributed by atoms with Crippen LogP contribution in [0.5, 0.6) is 0 Å². The molecule has 0 heterocycles. The zero-order chi connectivity index (χ0) is 8.77. The van der Waals surface area contributed by atoms with Gasteiger partial charge >= 0.3 is 0 Å². The third-order valence-corrected chi connectivity index (χ3v) is 3.64. The molecule has 2 aliphatic carbocycles. The molecule has 1 amide bonds. The van der Waals surface area contributed by atoms with Crippen molar-refractivity contribution < 1.29 is 4.79 Å². The highest BCUT2D eigenvalue weighted by Crippen LogP contribution is 2.59. The van der Waals surface area contributed by atoms with Crippen molar-refractivity contribution in [2.45, 2.75) is 38.1 Å². The lowest BCUT2D eigenvalue weighted by atomic mass is 9.50. The maximum Gasteiger partial charge on any atom is 0.234 e. The summed E-state index contributed by atoms with van der Waals surface area (Å²) in [7, 11) is 0. The van der Waals surface area contributed by atoms with E-state index in [1.165, 1.54) is 19.3 Å². The Morgan fingerprint density at radius 1 is 1.42 bits per heavy atom. The number of carbonyl (C=O) groups excluding carboxylic acids is 1. The molecule has 0 aromatic rings. The third-order valence-electron chi connectivity index (χ3n) is 3.64. The second-order valence-corrected chi connectivity index (χ2v) is 4.45. The highest BCUT2D eigenvalue weighted by Gasteiger charge is 2.50. The van der Waals surface area contributed by atoms with E-state index in [1.54, 1.807) is 0 Å². The molecule has 4 N–H and O–H groups in total. The summed E-state index contributed by atoms with van der Waals surface area (Å²) in [4.78, 5) is 10.7. The first-order valence-corrected chi connectivity index (χ1v) is 4.68. The predicted octanol–water partition coefficient (Wildman–Crippen LogP) is 0.379. The SMILES string of the molecule is NC(=O)C(N)C1CC2(CCC2)C1. The van der Waals surface area contributed by atoms with E-state index in [-0.39, 0.29) is 5.91 Å². The van der Waals surface area contributed by atoms with Crippen LogP contribution in [-0.4, -0.2) is 11.9 Å². The molecular weight excluding hydrogens is 152 g/mol. The minimum atomic E-state index is -0.392. The molecule has 12 heavy (non-hydrogen) atoms. The van der Waals surface area contributed by atoms with Gasteiger partial charge in [0.1, 0.15) is 0 Å². The molecule has 2 rings (SSSR count). The lowest BCUT2D eigenvalue weighted by molar-refractivity contribution is -0.124. The maximum absolute atomic E-state index is 10.7. The second kappa shape index (κ2) is 2.46. The van der Waals surface area contributed by atoms with E-state index in [2.05, 4.69) is 0 Å². The van der Waals surface area contributed by atoms with Crippen LogP contribution in [0.1, 0.15) is 32.1 Å². The van der Waals surface area contributed by atoms with E-state index in [4.69, 9.17) is 11.5 Å². The monoisotopic (exact) mass is 168 g/mol. The third kappa shape index (κ3) is 1.04. The fourth-order valence-electron chi connectivity index (χ4n) is 2.62. The van der Waals surface area contributed by atoms with E-state index in [9.17, 15) is 4.79 Å². The standard InChI is InChI=1S/C9H16N2O/c10-7(8(11)12)6-4-9(5-6)2-1-3-9/h6-7H,1-5,10H2,(H2,11,12). The van der Waals surface area contributed by atoms with E-state index >= 15 is 0 Å². The maximum atomic E-state index is 10.7. The Morgan fingerprint density at radius 3 is 2.33 bits per heavy atom. The van der Waals surface area contributed by atoms with Gasteiger partial charge < -0.3 is 11.5 Å². The molecule has 0 radical (unpaired) electrons. The van der Waals surface area contributed by atoms with E-state index in [0.29, 0.717) is 11.3 Å². The summed E-state index contributed by atoms with van der Waals surface area (Å²) in [6, 6.07) is -0.392. The van der Waals surface area contributed by atoms with Gasteiger partial charge in [0.2, 0.25) is 5.91 Å². The van der Waals surface area contributed by atoms with Crippen LogP contribution in [0.25, 0.3) is 0 Å². The van der Waals surface area contributed by atoms with Crippen molar-refractivity contribution in [1.29, 1.82) is 0 Å². The number of rotatable bonds is 2. The largest absolute Gasteiger partial charge is 0.368 e. The van der Waals surface area contributed by atoms with Crippen LogP contribution >= 0.6 is 0 Å². The topological polar surface area (TPSA) is 69.1 Å². The summed E-state index contributed by atoms with van der Waals surface area (Å²) in [5, 5.41) is 0. The number of hydrogen-bond donors (Lipinski definition) is 2. The van der Waals surface area contributed by atoms with Crippen LogP contribution in [0, 0.1) is 11.3 Å². The summed E-state index contributed by atoms with van der Waals surface area (Å²) < 4.78 is 0. The van der Waals surface area contributed by atoms with Crippen LogP contribution < -0.4 is 11.5 Å². The molecule has 0 aromatic carbocycles. The summed E-state index contributed by atoms with van der Waals surface area (Å²) in [5.74, 6) is 0.0389. The Balaban J connectivity index is 1.84. The van der Waals surface area contributed by atoms with Crippen molar-refractivity contribution in [3.05, 3.63) is 0 Å². The Hall–Kier alpha value is -0.570. The van der Waals surface area contributed by atoms with Gasteiger partial charge in [0, 0.05) is 0 Å². The highest BCUT2D eigenvalue weighted by molar-refractivity contribution is 5.80. The fourth-order valence-corrected chi connectivity index (χ4v) is 2.62. The molecule has 2 fully saturated rings. The highest BCUT2D eigenvalue weighted by atomic mass is 16.1. The van der Waals surface area contributed by atoms with Crippen molar-refractivity contribution in [3.8, 4) is 0 Å². The molecule has 3 heteroatoms. The molecule has 1 unspecified atom stereocenters. The molecule has 68 valence electrons. The van der Waals surface area contributed by atoms with Gasteiger partial charge in [0.15, 0.2) is 0 Å². The van der Waals surface area contributed by atoms with E-state index in [0.717, 1.165) is 12.8 Å². The molecule has 0 saturated heterocycles. The van der Waals surface area contributed by atoms with Gasteiger partial charge in [-0.05, 0) is 37.0 Å². The summed E-state index contributed by atoms with van der Waals surface area (Å²) in [5.41, 5.74) is 11.4. The lowest BCUT2D eigenvalue weighted by Gasteiger charge is -2.55. The number of primary amides is 1. The van der Waals surface area contributed by atoms with Crippen molar-refractivity contribution >= 4 is 5.91 Å². The van der Waals surface area contributed by atoms with Crippen molar-refractivity contribution in [3.63, 3.8) is 0 Å². The average Bonchev–Trinajstić information content (AvgIpc) is 1.80. The molecule has 0 aromatic heterocycles. The minimum Gasteiger partial charge on any atom is -0.368 e. The molecule has 1 atom stereocenters. The number of carbonyl (C=O) groups is 1. The normalized spacial score (nSPS) is 29.1. The first kappa shape index (κ1) is 8.05. The smallest absolute Gasteiger partial charge is 0.234 e. The Bertz CT molecular complexity index is 203. The first-order chi connectivity index (χ1) is 5.63. The Morgan fingerprint density at radius 2 is 2.00 bits per heavy atom. The summed E-state index contributed by atoms with van der Waals surface area (Å²) in [6.45, 7) is 0. The molecule has 2 saturated carbocycles. The summed E-state index contributed by atoms with van der Waals surface area (Å²) >= 11 is 0. The fraction of sp³-hybridized carbons (Fsp3) is 0.889. The molecule has 2 aliphatic rings. The van der Waals surface area contributed by atoms with Crippen LogP contribution in [0.2, 0.25) is 0 Å². The Kier molecular flexibility index (Phi) is 1.65. The van der Waals surface area contributed by atoms with E-state index in [1.807, 2.05) is 0 Å². The number of hydrogen-bond acceptors (Lipinski definition) is 2. The zero-order valence-electron chi connectivity index (χ0n) is 7.25. The number of amides is 1. The van der Waals surface area contributed by atoms with Crippen LogP contribution in [0.15, 0.2) is 0 Å². The predicted molar refractivity (Wildman–Crippen MR) is 46.2 cm³/mol. The number of nitrogens with two attached hydrogens (primary N) is 2. The molecule has 3 nitrogen and oxygen atoms in total. The van der Waals surface area contributed by atoms with Gasteiger partial charge in [0.25, 0.3) is 0 Å². The Labute approximate surface area is 72.5 Å². The molecular formula is C9H16N2O. The molecule has 0 aliphatic heterocycles. The lowest BCUT2D eigenvalue weighted by Crippen LogP contribution is -2.53.